The van der Waals surface area contributed by atoms with Crippen LogP contribution in [0.4, 0.5) is 0 Å². The van der Waals surface area contributed by atoms with E-state index in [2.05, 4.69) is 9.71 Å². The summed E-state index contributed by atoms with van der Waals surface area (Å²) < 4.78 is 26.8. The van der Waals surface area contributed by atoms with Crippen LogP contribution in [-0.2, 0) is 16.6 Å². The SMILES string of the molecule is Cc1nc(CNS(=O)(=O)c2c(C)csc2C(=O)O)cs1. The molecule has 2 aromatic rings. The number of nitrogens with zero attached hydrogens (tertiary/aromatic N) is 1. The number of sulfonamides is 1. The van der Waals surface area contributed by atoms with Crippen LogP contribution < -0.4 is 4.72 Å². The minimum Gasteiger partial charge on any atom is -0.477 e. The Morgan fingerprint density at radius 2 is 2.05 bits per heavy atom. The number of carbonyl (C=O) groups is 1. The third-order valence-electron chi connectivity index (χ3n) is 2.49. The van der Waals surface area contributed by atoms with E-state index < -0.39 is 16.0 Å². The van der Waals surface area contributed by atoms with Gasteiger partial charge in [0.1, 0.15) is 9.77 Å². The van der Waals surface area contributed by atoms with Gasteiger partial charge in [-0.25, -0.2) is 22.9 Å². The molecule has 0 radical (unpaired) electrons. The summed E-state index contributed by atoms with van der Waals surface area (Å²) in [6, 6.07) is 0. The molecule has 0 unspecified atom stereocenters. The van der Waals surface area contributed by atoms with Crippen molar-refractivity contribution in [1.29, 1.82) is 0 Å². The average Bonchev–Trinajstić information content (AvgIpc) is 2.93. The van der Waals surface area contributed by atoms with Gasteiger partial charge in [-0.1, -0.05) is 0 Å². The topological polar surface area (TPSA) is 96.4 Å². The number of aromatic carboxylic acids is 1. The van der Waals surface area contributed by atoms with Crippen molar-refractivity contribution in [2.75, 3.05) is 0 Å². The van der Waals surface area contributed by atoms with Gasteiger partial charge in [0.25, 0.3) is 0 Å². The molecule has 0 fully saturated rings. The van der Waals surface area contributed by atoms with E-state index in [-0.39, 0.29) is 16.3 Å². The van der Waals surface area contributed by atoms with Crippen molar-refractivity contribution < 1.29 is 18.3 Å². The first kappa shape index (κ1) is 15.1. The second-order valence-corrected chi connectivity index (χ2v) is 7.71. The highest BCUT2D eigenvalue weighted by Crippen LogP contribution is 2.26. The van der Waals surface area contributed by atoms with E-state index in [0.717, 1.165) is 16.3 Å². The molecule has 0 aliphatic heterocycles. The lowest BCUT2D eigenvalue weighted by Gasteiger charge is -2.06. The molecule has 2 heterocycles. The Balaban J connectivity index is 2.27. The molecular weight excluding hydrogens is 320 g/mol. The van der Waals surface area contributed by atoms with Crippen LogP contribution in [0.2, 0.25) is 0 Å². The highest BCUT2D eigenvalue weighted by atomic mass is 32.2. The summed E-state index contributed by atoms with van der Waals surface area (Å²) in [6.45, 7) is 3.44. The quantitative estimate of drug-likeness (QED) is 0.873. The largest absolute Gasteiger partial charge is 0.477 e. The maximum atomic E-state index is 12.2. The van der Waals surface area contributed by atoms with Crippen LogP contribution in [0.5, 0.6) is 0 Å². The van der Waals surface area contributed by atoms with Gasteiger partial charge in [-0.2, -0.15) is 0 Å². The Morgan fingerprint density at radius 3 is 2.60 bits per heavy atom. The van der Waals surface area contributed by atoms with E-state index >= 15 is 0 Å². The number of carboxylic acid groups (broad SMARTS) is 1. The van der Waals surface area contributed by atoms with Crippen molar-refractivity contribution in [1.82, 2.24) is 9.71 Å². The lowest BCUT2D eigenvalue weighted by molar-refractivity contribution is 0.0698. The van der Waals surface area contributed by atoms with Crippen LogP contribution in [0, 0.1) is 13.8 Å². The fourth-order valence-electron chi connectivity index (χ4n) is 1.65. The highest BCUT2D eigenvalue weighted by Gasteiger charge is 2.26. The number of hydrogen-bond donors (Lipinski definition) is 2. The highest BCUT2D eigenvalue weighted by molar-refractivity contribution is 7.89. The smallest absolute Gasteiger partial charge is 0.347 e. The van der Waals surface area contributed by atoms with Gasteiger partial charge in [0.2, 0.25) is 10.0 Å². The van der Waals surface area contributed by atoms with E-state index in [9.17, 15) is 13.2 Å². The van der Waals surface area contributed by atoms with Crippen molar-refractivity contribution in [3.63, 3.8) is 0 Å². The predicted molar refractivity (Wildman–Crippen MR) is 76.9 cm³/mol. The van der Waals surface area contributed by atoms with Gasteiger partial charge in [0, 0.05) is 5.38 Å². The van der Waals surface area contributed by atoms with Crippen molar-refractivity contribution in [2.45, 2.75) is 25.3 Å². The van der Waals surface area contributed by atoms with Crippen LogP contribution in [0.25, 0.3) is 0 Å². The standard InChI is InChI=1S/C11H12N2O4S3/c1-6-4-19-9(11(14)15)10(6)20(16,17)12-3-8-5-18-7(2)13-8/h4-5,12H,3H2,1-2H3,(H,14,15). The number of thiazole rings is 1. The molecule has 0 aromatic carbocycles. The number of aryl methyl sites for hydroxylation is 2. The van der Waals surface area contributed by atoms with Gasteiger partial charge in [-0.3, -0.25) is 0 Å². The third-order valence-corrected chi connectivity index (χ3v) is 6.12. The Labute approximate surface area is 124 Å². The van der Waals surface area contributed by atoms with Crippen LogP contribution in [0.3, 0.4) is 0 Å². The number of carboxylic acids is 1. The molecule has 0 aliphatic carbocycles. The van der Waals surface area contributed by atoms with E-state index in [1.54, 1.807) is 12.3 Å². The van der Waals surface area contributed by atoms with Gasteiger partial charge >= 0.3 is 5.97 Å². The van der Waals surface area contributed by atoms with E-state index in [0.29, 0.717) is 11.3 Å². The summed E-state index contributed by atoms with van der Waals surface area (Å²) in [5, 5.41) is 13.2. The molecule has 0 amide bonds. The van der Waals surface area contributed by atoms with Crippen molar-refractivity contribution in [3.8, 4) is 0 Å². The van der Waals surface area contributed by atoms with Gasteiger partial charge in [-0.05, 0) is 24.8 Å². The predicted octanol–water partition coefficient (Wildman–Crippen LogP) is 2.00. The number of thiophene rings is 1. The van der Waals surface area contributed by atoms with Crippen molar-refractivity contribution in [2.24, 2.45) is 0 Å². The van der Waals surface area contributed by atoms with E-state index in [4.69, 9.17) is 5.11 Å². The molecule has 0 saturated carbocycles. The average molecular weight is 332 g/mol. The van der Waals surface area contributed by atoms with Crippen LogP contribution in [-0.4, -0.2) is 24.5 Å². The zero-order valence-corrected chi connectivity index (χ0v) is 13.2. The Bertz CT molecular complexity index is 746. The van der Waals surface area contributed by atoms with Gasteiger partial charge < -0.3 is 5.11 Å². The molecule has 0 aliphatic rings. The van der Waals surface area contributed by atoms with Crippen molar-refractivity contribution in [3.05, 3.63) is 31.9 Å². The summed E-state index contributed by atoms with van der Waals surface area (Å²) in [4.78, 5) is 14.9. The zero-order chi connectivity index (χ0) is 14.9. The lowest BCUT2D eigenvalue weighted by atomic mass is 10.3. The number of aromatic nitrogens is 1. The Morgan fingerprint density at radius 1 is 1.35 bits per heavy atom. The minimum absolute atomic E-state index is 0.0427. The van der Waals surface area contributed by atoms with Gasteiger partial charge in [0.15, 0.2) is 0 Å². The molecule has 20 heavy (non-hydrogen) atoms. The molecule has 0 bridgehead atoms. The third kappa shape index (κ3) is 3.06. The molecule has 2 rings (SSSR count). The summed E-state index contributed by atoms with van der Waals surface area (Å²) in [7, 11) is -3.87. The summed E-state index contributed by atoms with van der Waals surface area (Å²) in [6.07, 6.45) is 0. The molecule has 0 atom stereocenters. The number of rotatable bonds is 5. The molecule has 108 valence electrons. The minimum atomic E-state index is -3.87. The fourth-order valence-corrected chi connectivity index (χ4v) is 4.88. The second kappa shape index (κ2) is 5.60. The lowest BCUT2D eigenvalue weighted by Crippen LogP contribution is -2.25. The summed E-state index contributed by atoms with van der Waals surface area (Å²) in [5.74, 6) is -1.24. The maximum Gasteiger partial charge on any atom is 0.347 e. The van der Waals surface area contributed by atoms with Gasteiger partial charge in [-0.15, -0.1) is 22.7 Å². The molecule has 0 spiro atoms. The molecule has 2 N–H and O–H groups in total. The van der Waals surface area contributed by atoms with E-state index in [1.807, 2.05) is 6.92 Å². The Kier molecular flexibility index (Phi) is 4.23. The number of hydrogen-bond acceptors (Lipinski definition) is 6. The molecular formula is C11H12N2O4S3. The number of nitrogens with one attached hydrogen (secondary N) is 1. The molecule has 0 saturated heterocycles. The van der Waals surface area contributed by atoms with E-state index in [1.165, 1.54) is 16.7 Å². The van der Waals surface area contributed by atoms with Gasteiger partial charge in [0.05, 0.1) is 17.2 Å². The second-order valence-electron chi connectivity index (χ2n) is 4.06. The van der Waals surface area contributed by atoms with Crippen LogP contribution in [0.1, 0.15) is 25.9 Å². The first-order valence-electron chi connectivity index (χ1n) is 5.53. The zero-order valence-electron chi connectivity index (χ0n) is 10.7. The summed E-state index contributed by atoms with van der Waals surface area (Å²) in [5.41, 5.74) is 1.04. The fraction of sp³-hybridized carbons (Fsp3) is 0.273. The van der Waals surface area contributed by atoms with Crippen molar-refractivity contribution >= 4 is 38.7 Å². The monoisotopic (exact) mass is 332 g/mol. The van der Waals surface area contributed by atoms with Crippen LogP contribution in [0.15, 0.2) is 15.7 Å². The maximum absolute atomic E-state index is 12.2. The summed E-state index contributed by atoms with van der Waals surface area (Å²) >= 11 is 2.33. The molecule has 9 heteroatoms. The normalized spacial score (nSPS) is 11.7. The first-order valence-corrected chi connectivity index (χ1v) is 8.77. The molecule has 2 aromatic heterocycles. The van der Waals surface area contributed by atoms with Crippen LogP contribution >= 0.6 is 22.7 Å². The first-order chi connectivity index (χ1) is 9.31. The Hall–Kier alpha value is -1.29. The molecule has 6 nitrogen and oxygen atoms in total.